The number of carbonyl (C=O) groups is 3. The highest BCUT2D eigenvalue weighted by Gasteiger charge is 2.49. The second-order valence-corrected chi connectivity index (χ2v) is 12.6. The highest BCUT2D eigenvalue weighted by atomic mass is 16.2. The number of benzene rings is 4. The highest BCUT2D eigenvalue weighted by molar-refractivity contribution is 6.16. The number of allylic oxidation sites excluding steroid dienone is 4. The average molecular weight is 607 g/mol. The van der Waals surface area contributed by atoms with Crippen molar-refractivity contribution >= 4 is 73.3 Å². The lowest BCUT2D eigenvalue weighted by atomic mass is 9.81. The number of rotatable bonds is 3. The summed E-state index contributed by atoms with van der Waals surface area (Å²) in [5.41, 5.74) is 4.34. The van der Waals surface area contributed by atoms with Crippen LogP contribution in [-0.4, -0.2) is 50.9 Å². The predicted octanol–water partition coefficient (Wildman–Crippen LogP) is 5.60. The first kappa shape index (κ1) is 28.1. The maximum absolute atomic E-state index is 13.7. The maximum atomic E-state index is 13.7. The lowest BCUT2D eigenvalue weighted by Crippen LogP contribution is -2.58. The molecule has 228 valence electrons. The van der Waals surface area contributed by atoms with E-state index < -0.39 is 29.7 Å². The zero-order valence-electron chi connectivity index (χ0n) is 26.3. The Morgan fingerprint density at radius 2 is 0.957 bits per heavy atom. The summed E-state index contributed by atoms with van der Waals surface area (Å²) in [5.74, 6) is -2.38. The number of hydrogen-bond acceptors (Lipinski definition) is 3. The third-order valence-electron chi connectivity index (χ3n) is 10.3. The summed E-state index contributed by atoms with van der Waals surface area (Å²) in [6.45, 7) is 0. The van der Waals surface area contributed by atoms with E-state index >= 15 is 0 Å². The van der Waals surface area contributed by atoms with E-state index in [-0.39, 0.29) is 0 Å². The molecular formula is C39H34N4O3. The van der Waals surface area contributed by atoms with Gasteiger partial charge in [-0.05, 0) is 47.9 Å². The molecule has 2 aromatic heterocycles. The summed E-state index contributed by atoms with van der Waals surface area (Å²) in [4.78, 5) is 42.3. The largest absolute Gasteiger partial charge is 0.344 e. The van der Waals surface area contributed by atoms with E-state index in [0.717, 1.165) is 53.5 Å². The Bertz CT molecular complexity index is 2280. The third-order valence-corrected chi connectivity index (χ3v) is 10.3. The van der Waals surface area contributed by atoms with Crippen LogP contribution in [0, 0.1) is 11.8 Å². The summed E-state index contributed by atoms with van der Waals surface area (Å²) in [6, 6.07) is 24.8. The van der Waals surface area contributed by atoms with Crippen molar-refractivity contribution in [3.63, 3.8) is 0 Å². The lowest BCUT2D eigenvalue weighted by Gasteiger charge is -2.36. The zero-order chi connectivity index (χ0) is 31.9. The molecule has 3 heterocycles. The number of urea groups is 1. The first-order valence-electron chi connectivity index (χ1n) is 15.7. The molecule has 0 radical (unpaired) electrons. The molecule has 7 nitrogen and oxygen atoms in total. The number of aryl methyl sites for hydroxylation is 2. The predicted molar refractivity (Wildman–Crippen MR) is 184 cm³/mol. The van der Waals surface area contributed by atoms with Crippen LogP contribution in [0.3, 0.4) is 0 Å². The van der Waals surface area contributed by atoms with Gasteiger partial charge in [-0.2, -0.15) is 0 Å². The van der Waals surface area contributed by atoms with Crippen molar-refractivity contribution in [2.75, 3.05) is 14.1 Å². The number of nitrogens with zero attached hydrogens (tertiary/aromatic N) is 4. The fourth-order valence-electron chi connectivity index (χ4n) is 7.89. The summed E-state index contributed by atoms with van der Waals surface area (Å²) < 4.78 is 4.40. The number of amides is 4. The Kier molecular flexibility index (Phi) is 6.29. The second kappa shape index (κ2) is 10.3. The van der Waals surface area contributed by atoms with Crippen LogP contribution in [0.15, 0.2) is 96.1 Å². The van der Waals surface area contributed by atoms with Gasteiger partial charge in [0.1, 0.15) is 5.92 Å². The molecular weight excluding hydrogens is 572 g/mol. The zero-order valence-corrected chi connectivity index (χ0v) is 26.3. The van der Waals surface area contributed by atoms with E-state index in [2.05, 4.69) is 120 Å². The van der Waals surface area contributed by atoms with E-state index in [1.165, 1.54) is 35.6 Å². The van der Waals surface area contributed by atoms with Crippen LogP contribution in [0.1, 0.15) is 12.8 Å². The Labute approximate surface area is 265 Å². The van der Waals surface area contributed by atoms with Crippen molar-refractivity contribution < 1.29 is 14.4 Å². The summed E-state index contributed by atoms with van der Waals surface area (Å²) in [5, 5.41) is 9.30. The van der Waals surface area contributed by atoms with Crippen molar-refractivity contribution in [1.82, 2.24) is 18.9 Å². The normalized spacial score (nSPS) is 21.0. The van der Waals surface area contributed by atoms with E-state index in [4.69, 9.17) is 0 Å². The van der Waals surface area contributed by atoms with E-state index in [1.807, 2.05) is 0 Å². The number of hydrogen-bond donors (Lipinski definition) is 0. The molecule has 6 aromatic rings. The van der Waals surface area contributed by atoms with Gasteiger partial charge in [-0.3, -0.25) is 19.4 Å². The van der Waals surface area contributed by atoms with Crippen LogP contribution in [0.2, 0.25) is 0 Å². The van der Waals surface area contributed by atoms with E-state index in [0.29, 0.717) is 12.8 Å². The van der Waals surface area contributed by atoms with Gasteiger partial charge in [0.15, 0.2) is 0 Å². The molecule has 0 N–H and O–H groups in total. The van der Waals surface area contributed by atoms with Gasteiger partial charge in [-0.25, -0.2) is 4.79 Å². The Morgan fingerprint density at radius 3 is 1.39 bits per heavy atom. The van der Waals surface area contributed by atoms with Gasteiger partial charge in [0.05, 0.1) is 0 Å². The molecule has 0 spiro atoms. The number of aromatic nitrogens is 2. The molecule has 8 rings (SSSR count). The van der Waals surface area contributed by atoms with Gasteiger partial charge < -0.3 is 9.13 Å². The minimum absolute atomic E-state index is 0.456. The van der Waals surface area contributed by atoms with Crippen LogP contribution in [0.5, 0.6) is 0 Å². The molecule has 1 saturated carbocycles. The molecule has 4 aromatic carbocycles. The fraction of sp³-hybridized carbons (Fsp3) is 0.205. The minimum Gasteiger partial charge on any atom is -0.344 e. The molecule has 46 heavy (non-hydrogen) atoms. The van der Waals surface area contributed by atoms with Gasteiger partial charge in [0.25, 0.3) is 0 Å². The SMILES string of the molecule is CN1C(=O)C(C2/C(=C\C=c3\c4cccc5cccc(c54)n3C)CC/C2=C/C=c2/c3cccc4cccc(c43)n2C)C(=O)N(C)C1=O. The molecule has 1 aliphatic carbocycles. The fourth-order valence-corrected chi connectivity index (χ4v) is 7.89. The molecule has 7 heteroatoms. The molecule has 2 fully saturated rings. The average Bonchev–Trinajstić information content (AvgIpc) is 3.69. The standard InChI is InChI=1S/C39H34N4O3/c1-40-29(27-13-5-9-23-11-7-15-31(40)34(23)27)21-19-25-17-18-26(33(25)36-37(44)42(3)39(46)43(4)38(36)45)20-22-30-28-14-6-10-24-12-8-16-32(35(24)28)41(30)2/h5-16,19-22,33,36H,17-18H2,1-4H3/b25-19-,26-20-,29-21-,30-22-. The maximum Gasteiger partial charge on any atom is 0.332 e. The number of carbonyl (C=O) groups excluding carboxylic acids is 3. The van der Waals surface area contributed by atoms with Gasteiger partial charge in [0, 0.05) is 77.4 Å². The van der Waals surface area contributed by atoms with Crippen molar-refractivity contribution in [2.45, 2.75) is 12.8 Å². The Hall–Kier alpha value is -5.43. The topological polar surface area (TPSA) is 67.6 Å². The number of barbiturate groups is 1. The van der Waals surface area contributed by atoms with Gasteiger partial charge >= 0.3 is 6.03 Å². The summed E-state index contributed by atoms with van der Waals surface area (Å²) >= 11 is 0. The van der Waals surface area contributed by atoms with Gasteiger partial charge in [0.2, 0.25) is 11.8 Å². The molecule has 0 bridgehead atoms. The monoisotopic (exact) mass is 606 g/mol. The van der Waals surface area contributed by atoms with E-state index in [9.17, 15) is 14.4 Å². The van der Waals surface area contributed by atoms with Crippen molar-refractivity contribution in [2.24, 2.45) is 25.9 Å². The first-order valence-corrected chi connectivity index (χ1v) is 15.7. The molecule has 4 amide bonds. The molecule has 1 aliphatic heterocycles. The quantitative estimate of drug-likeness (QED) is 0.246. The summed E-state index contributed by atoms with van der Waals surface area (Å²) in [6.07, 6.45) is 9.88. The molecule has 0 atom stereocenters. The molecule has 1 saturated heterocycles. The van der Waals surface area contributed by atoms with Crippen molar-refractivity contribution in [1.29, 1.82) is 0 Å². The Morgan fingerprint density at radius 1 is 0.543 bits per heavy atom. The number of imide groups is 2. The van der Waals surface area contributed by atoms with Crippen molar-refractivity contribution in [3.8, 4) is 0 Å². The lowest BCUT2D eigenvalue weighted by molar-refractivity contribution is -0.148. The van der Waals surface area contributed by atoms with Gasteiger partial charge in [-0.1, -0.05) is 84.0 Å². The van der Waals surface area contributed by atoms with Gasteiger partial charge in [-0.15, -0.1) is 0 Å². The third kappa shape index (κ3) is 3.94. The van der Waals surface area contributed by atoms with Crippen LogP contribution in [0.4, 0.5) is 4.79 Å². The van der Waals surface area contributed by atoms with Crippen molar-refractivity contribution in [3.05, 3.63) is 107 Å². The van der Waals surface area contributed by atoms with Crippen LogP contribution >= 0.6 is 0 Å². The molecule has 2 aliphatic rings. The van der Waals surface area contributed by atoms with Crippen LogP contribution in [0.25, 0.3) is 55.5 Å². The summed E-state index contributed by atoms with van der Waals surface area (Å²) in [7, 11) is 7.07. The first-order chi connectivity index (χ1) is 22.3. The molecule has 0 unspecified atom stereocenters. The highest BCUT2D eigenvalue weighted by Crippen LogP contribution is 2.43. The van der Waals surface area contributed by atoms with Crippen LogP contribution < -0.4 is 10.7 Å². The van der Waals surface area contributed by atoms with Crippen LogP contribution in [-0.2, 0) is 23.7 Å². The second-order valence-electron chi connectivity index (χ2n) is 12.6. The smallest absolute Gasteiger partial charge is 0.332 e. The van der Waals surface area contributed by atoms with E-state index in [1.54, 1.807) is 0 Å². The Balaban J connectivity index is 1.31. The minimum atomic E-state index is -1.01.